The van der Waals surface area contributed by atoms with Gasteiger partial charge in [0.15, 0.2) is 0 Å². The molecule has 0 aromatic carbocycles. The lowest BCUT2D eigenvalue weighted by Gasteiger charge is -2.11. The molecule has 0 radical (unpaired) electrons. The standard InChI is InChI=1S/C13H17ClN2O2/c14-12-9-10(5-6-15-12)13(17)16-7-8-18-11-3-1-2-4-11/h5-6,9,11H,1-4,7-8H2,(H,16,17). The number of pyridine rings is 1. The molecule has 0 aliphatic heterocycles. The summed E-state index contributed by atoms with van der Waals surface area (Å²) in [6.45, 7) is 1.09. The van der Waals surface area contributed by atoms with Gasteiger partial charge in [0.25, 0.3) is 5.91 Å². The lowest BCUT2D eigenvalue weighted by atomic mass is 10.2. The summed E-state index contributed by atoms with van der Waals surface area (Å²) in [5.41, 5.74) is 0.524. The van der Waals surface area contributed by atoms with Crippen molar-refractivity contribution in [3.63, 3.8) is 0 Å². The van der Waals surface area contributed by atoms with E-state index in [2.05, 4.69) is 10.3 Å². The molecular weight excluding hydrogens is 252 g/mol. The smallest absolute Gasteiger partial charge is 0.251 e. The number of rotatable bonds is 5. The first-order valence-corrected chi connectivity index (χ1v) is 6.65. The highest BCUT2D eigenvalue weighted by atomic mass is 35.5. The van der Waals surface area contributed by atoms with Crippen LogP contribution in [0.5, 0.6) is 0 Å². The lowest BCUT2D eigenvalue weighted by molar-refractivity contribution is 0.0582. The van der Waals surface area contributed by atoms with Crippen LogP contribution in [0, 0.1) is 0 Å². The second-order valence-electron chi connectivity index (χ2n) is 4.40. The third kappa shape index (κ3) is 3.96. The fourth-order valence-electron chi connectivity index (χ4n) is 2.09. The zero-order chi connectivity index (χ0) is 12.8. The molecule has 0 saturated heterocycles. The van der Waals surface area contributed by atoms with Gasteiger partial charge in [-0.15, -0.1) is 0 Å². The molecule has 5 heteroatoms. The minimum absolute atomic E-state index is 0.144. The first kappa shape index (κ1) is 13.3. The van der Waals surface area contributed by atoms with E-state index in [1.165, 1.54) is 19.0 Å². The Labute approximate surface area is 112 Å². The van der Waals surface area contributed by atoms with Gasteiger partial charge in [-0.3, -0.25) is 4.79 Å². The Balaban J connectivity index is 1.68. The number of nitrogens with one attached hydrogen (secondary N) is 1. The maximum absolute atomic E-state index is 11.7. The van der Waals surface area contributed by atoms with E-state index < -0.39 is 0 Å². The van der Waals surface area contributed by atoms with Gasteiger partial charge in [-0.1, -0.05) is 24.4 Å². The van der Waals surface area contributed by atoms with Crippen molar-refractivity contribution in [2.75, 3.05) is 13.2 Å². The minimum atomic E-state index is -0.144. The first-order chi connectivity index (χ1) is 8.75. The normalized spacial score (nSPS) is 15.8. The van der Waals surface area contributed by atoms with Gasteiger partial charge in [0.1, 0.15) is 5.15 Å². The molecule has 1 aliphatic rings. The Kier molecular flexibility index (Phi) is 4.96. The van der Waals surface area contributed by atoms with E-state index in [-0.39, 0.29) is 5.91 Å². The van der Waals surface area contributed by atoms with E-state index in [9.17, 15) is 4.79 Å². The van der Waals surface area contributed by atoms with E-state index in [4.69, 9.17) is 16.3 Å². The van der Waals surface area contributed by atoms with Crippen LogP contribution in [-0.2, 0) is 4.74 Å². The Morgan fingerprint density at radius 2 is 2.28 bits per heavy atom. The van der Waals surface area contributed by atoms with Gasteiger partial charge in [-0.25, -0.2) is 4.98 Å². The van der Waals surface area contributed by atoms with Crippen LogP contribution in [-0.4, -0.2) is 30.1 Å². The predicted octanol–water partition coefficient (Wildman–Crippen LogP) is 2.42. The summed E-state index contributed by atoms with van der Waals surface area (Å²) >= 11 is 5.72. The number of aromatic nitrogens is 1. The first-order valence-electron chi connectivity index (χ1n) is 6.27. The maximum Gasteiger partial charge on any atom is 0.251 e. The molecule has 1 fully saturated rings. The molecular formula is C13H17ClN2O2. The highest BCUT2D eigenvalue weighted by Crippen LogP contribution is 2.20. The number of hydrogen-bond acceptors (Lipinski definition) is 3. The largest absolute Gasteiger partial charge is 0.376 e. The highest BCUT2D eigenvalue weighted by molar-refractivity contribution is 6.29. The zero-order valence-corrected chi connectivity index (χ0v) is 10.9. The van der Waals surface area contributed by atoms with Gasteiger partial charge >= 0.3 is 0 Å². The Morgan fingerprint density at radius 1 is 1.50 bits per heavy atom. The molecule has 18 heavy (non-hydrogen) atoms. The van der Waals surface area contributed by atoms with Crippen molar-refractivity contribution < 1.29 is 9.53 Å². The fourth-order valence-corrected chi connectivity index (χ4v) is 2.26. The van der Waals surface area contributed by atoms with Gasteiger partial charge in [0, 0.05) is 18.3 Å². The molecule has 1 aliphatic carbocycles. The summed E-state index contributed by atoms with van der Waals surface area (Å²) in [5, 5.41) is 3.12. The molecule has 0 unspecified atom stereocenters. The molecule has 1 saturated carbocycles. The van der Waals surface area contributed by atoms with E-state index in [1.807, 2.05) is 0 Å². The number of ether oxygens (including phenoxy) is 1. The fraction of sp³-hybridized carbons (Fsp3) is 0.538. The summed E-state index contributed by atoms with van der Waals surface area (Å²) in [5.74, 6) is -0.144. The number of carbonyl (C=O) groups is 1. The van der Waals surface area contributed by atoms with E-state index >= 15 is 0 Å². The van der Waals surface area contributed by atoms with E-state index in [0.717, 1.165) is 12.8 Å². The van der Waals surface area contributed by atoms with Gasteiger partial charge in [-0.2, -0.15) is 0 Å². The lowest BCUT2D eigenvalue weighted by Crippen LogP contribution is -2.28. The maximum atomic E-state index is 11.7. The third-order valence-corrected chi connectivity index (χ3v) is 3.24. The topological polar surface area (TPSA) is 51.2 Å². The number of carbonyl (C=O) groups excluding carboxylic acids is 1. The molecule has 0 atom stereocenters. The van der Waals surface area contributed by atoms with Crippen molar-refractivity contribution in [1.29, 1.82) is 0 Å². The molecule has 1 amide bonds. The number of amides is 1. The third-order valence-electron chi connectivity index (χ3n) is 3.03. The van der Waals surface area contributed by atoms with Crippen molar-refractivity contribution in [3.05, 3.63) is 29.0 Å². The van der Waals surface area contributed by atoms with Gasteiger partial charge in [0.05, 0.1) is 12.7 Å². The van der Waals surface area contributed by atoms with Crippen LogP contribution in [0.3, 0.4) is 0 Å². The van der Waals surface area contributed by atoms with Crippen molar-refractivity contribution in [3.8, 4) is 0 Å². The van der Waals surface area contributed by atoms with Crippen LogP contribution >= 0.6 is 11.6 Å². The zero-order valence-electron chi connectivity index (χ0n) is 10.2. The predicted molar refractivity (Wildman–Crippen MR) is 69.8 cm³/mol. The van der Waals surface area contributed by atoms with Crippen LogP contribution in [0.1, 0.15) is 36.0 Å². The molecule has 4 nitrogen and oxygen atoms in total. The van der Waals surface area contributed by atoms with Crippen LogP contribution < -0.4 is 5.32 Å². The SMILES string of the molecule is O=C(NCCOC1CCCC1)c1ccnc(Cl)c1. The number of halogens is 1. The molecule has 0 bridgehead atoms. The van der Waals surface area contributed by atoms with Crippen LogP contribution in [0.25, 0.3) is 0 Å². The number of hydrogen-bond donors (Lipinski definition) is 1. The van der Waals surface area contributed by atoms with E-state index in [1.54, 1.807) is 12.1 Å². The Hall–Kier alpha value is -1.13. The molecule has 0 spiro atoms. The van der Waals surface area contributed by atoms with Crippen molar-refractivity contribution in [2.45, 2.75) is 31.8 Å². The van der Waals surface area contributed by atoms with Crippen molar-refractivity contribution >= 4 is 17.5 Å². The summed E-state index contributed by atoms with van der Waals surface area (Å²) in [6, 6.07) is 3.19. The number of nitrogens with zero attached hydrogens (tertiary/aromatic N) is 1. The van der Waals surface area contributed by atoms with Gasteiger partial charge < -0.3 is 10.1 Å². The minimum Gasteiger partial charge on any atom is -0.376 e. The van der Waals surface area contributed by atoms with Crippen LogP contribution in [0.15, 0.2) is 18.3 Å². The summed E-state index contributed by atoms with van der Waals surface area (Å²) in [4.78, 5) is 15.6. The highest BCUT2D eigenvalue weighted by Gasteiger charge is 2.14. The second-order valence-corrected chi connectivity index (χ2v) is 4.79. The Morgan fingerprint density at radius 3 is 3.00 bits per heavy atom. The molecule has 2 rings (SSSR count). The van der Waals surface area contributed by atoms with Crippen LogP contribution in [0.2, 0.25) is 5.15 Å². The quantitative estimate of drug-likeness (QED) is 0.659. The van der Waals surface area contributed by atoms with Gasteiger partial charge in [-0.05, 0) is 25.0 Å². The summed E-state index contributed by atoms with van der Waals surface area (Å²) < 4.78 is 5.66. The monoisotopic (exact) mass is 268 g/mol. The molecule has 1 heterocycles. The Bertz CT molecular complexity index is 406. The second kappa shape index (κ2) is 6.71. The average molecular weight is 269 g/mol. The molecule has 1 aromatic heterocycles. The molecule has 1 aromatic rings. The average Bonchev–Trinajstić information content (AvgIpc) is 2.87. The van der Waals surface area contributed by atoms with Gasteiger partial charge in [0.2, 0.25) is 0 Å². The van der Waals surface area contributed by atoms with E-state index in [0.29, 0.717) is 30.0 Å². The summed E-state index contributed by atoms with van der Waals surface area (Å²) in [6.07, 6.45) is 6.71. The van der Waals surface area contributed by atoms with Crippen molar-refractivity contribution in [2.24, 2.45) is 0 Å². The summed E-state index contributed by atoms with van der Waals surface area (Å²) in [7, 11) is 0. The molecule has 98 valence electrons. The van der Waals surface area contributed by atoms with Crippen molar-refractivity contribution in [1.82, 2.24) is 10.3 Å². The van der Waals surface area contributed by atoms with Crippen LogP contribution in [0.4, 0.5) is 0 Å². The molecule has 1 N–H and O–H groups in total.